The van der Waals surface area contributed by atoms with E-state index in [2.05, 4.69) is 0 Å². The molecule has 0 aliphatic rings. The zero-order chi connectivity index (χ0) is 13.9. The Morgan fingerprint density at radius 1 is 1.33 bits per heavy atom. The molecular weight excluding hydrogens is 277 g/mol. The fourth-order valence-electron chi connectivity index (χ4n) is 1.59. The molecule has 0 spiro atoms. The number of halogens is 2. The van der Waals surface area contributed by atoms with E-state index in [1.54, 1.807) is 25.1 Å². The molecule has 0 amide bonds. The van der Waals surface area contributed by atoms with Crippen LogP contribution >= 0.6 is 11.6 Å². The Morgan fingerprint density at radius 2 is 1.89 bits per heavy atom. The van der Waals surface area contributed by atoms with Crippen LogP contribution in [0, 0.1) is 5.82 Å². The smallest absolute Gasteiger partial charge is 0.212 e. The van der Waals surface area contributed by atoms with Gasteiger partial charge in [0.1, 0.15) is 5.82 Å². The molecule has 0 heterocycles. The number of nitrogens with zero attached hydrogens (tertiary/aromatic N) is 1. The Labute approximate surface area is 113 Å². The van der Waals surface area contributed by atoms with Crippen LogP contribution in [0.4, 0.5) is 4.39 Å². The molecule has 0 aliphatic heterocycles. The molecule has 1 aromatic rings. The van der Waals surface area contributed by atoms with E-state index in [0.717, 1.165) is 0 Å². The third kappa shape index (κ3) is 3.02. The number of sulfonamides is 1. The third-order valence-corrected chi connectivity index (χ3v) is 5.98. The fraction of sp³-hybridized carbons (Fsp3) is 0.500. The van der Waals surface area contributed by atoms with Gasteiger partial charge in [0.05, 0.1) is 5.25 Å². The largest absolute Gasteiger partial charge is 0.218 e. The molecule has 2 atom stereocenters. The van der Waals surface area contributed by atoms with E-state index in [9.17, 15) is 12.8 Å². The molecule has 0 N–H and O–H groups in total. The molecule has 18 heavy (non-hydrogen) atoms. The van der Waals surface area contributed by atoms with Crippen molar-refractivity contribution in [2.24, 2.45) is 0 Å². The maximum Gasteiger partial charge on any atom is 0.218 e. The number of rotatable bonds is 5. The van der Waals surface area contributed by atoms with Crippen molar-refractivity contribution in [3.05, 3.63) is 35.6 Å². The standard InChI is InChI=1S/C12H17ClFNO2S/c1-9(8-13)18(16,17)15(3)10(2)11-6-4-5-7-12(11)14/h4-7,9-10H,8H2,1-3H3. The molecule has 0 saturated heterocycles. The summed E-state index contributed by atoms with van der Waals surface area (Å²) in [5.74, 6) is -0.401. The molecule has 0 saturated carbocycles. The van der Waals surface area contributed by atoms with Gasteiger partial charge in [0.15, 0.2) is 0 Å². The Hall–Kier alpha value is -0.650. The van der Waals surface area contributed by atoms with Crippen LogP contribution in [0.25, 0.3) is 0 Å². The van der Waals surface area contributed by atoms with Crippen molar-refractivity contribution in [3.8, 4) is 0 Å². The third-order valence-electron chi connectivity index (χ3n) is 3.03. The molecule has 0 fully saturated rings. The van der Waals surface area contributed by atoms with Crippen LogP contribution in [-0.4, -0.2) is 30.9 Å². The fourth-order valence-corrected chi connectivity index (χ4v) is 3.35. The Bertz CT molecular complexity index is 507. The highest BCUT2D eigenvalue weighted by molar-refractivity contribution is 7.89. The summed E-state index contributed by atoms with van der Waals surface area (Å²) in [6, 6.07) is 5.58. The summed E-state index contributed by atoms with van der Waals surface area (Å²) in [5.41, 5.74) is 0.352. The number of hydrogen-bond acceptors (Lipinski definition) is 2. The summed E-state index contributed by atoms with van der Waals surface area (Å²) in [6.45, 7) is 3.18. The normalized spacial score (nSPS) is 15.7. The average Bonchev–Trinajstić information content (AvgIpc) is 2.36. The maximum absolute atomic E-state index is 13.6. The molecule has 3 nitrogen and oxygen atoms in total. The Morgan fingerprint density at radius 3 is 2.39 bits per heavy atom. The van der Waals surface area contributed by atoms with Crippen molar-refractivity contribution in [3.63, 3.8) is 0 Å². The van der Waals surface area contributed by atoms with Crippen LogP contribution in [0.2, 0.25) is 0 Å². The highest BCUT2D eigenvalue weighted by Gasteiger charge is 2.30. The maximum atomic E-state index is 13.6. The van der Waals surface area contributed by atoms with Crippen LogP contribution in [-0.2, 0) is 10.0 Å². The lowest BCUT2D eigenvalue weighted by molar-refractivity contribution is 0.384. The second kappa shape index (κ2) is 5.99. The van der Waals surface area contributed by atoms with Gasteiger partial charge < -0.3 is 0 Å². The van der Waals surface area contributed by atoms with Crippen molar-refractivity contribution in [2.75, 3.05) is 12.9 Å². The lowest BCUT2D eigenvalue weighted by Gasteiger charge is -2.27. The first-order valence-electron chi connectivity index (χ1n) is 5.59. The van der Waals surface area contributed by atoms with Crippen molar-refractivity contribution in [1.82, 2.24) is 4.31 Å². The van der Waals surface area contributed by atoms with Gasteiger partial charge in [-0.25, -0.2) is 12.8 Å². The summed E-state index contributed by atoms with van der Waals surface area (Å²) < 4.78 is 39.0. The van der Waals surface area contributed by atoms with Gasteiger partial charge in [0, 0.05) is 24.5 Å². The summed E-state index contributed by atoms with van der Waals surface area (Å²) in [7, 11) is -2.08. The van der Waals surface area contributed by atoms with E-state index < -0.39 is 27.1 Å². The van der Waals surface area contributed by atoms with Crippen molar-refractivity contribution in [1.29, 1.82) is 0 Å². The van der Waals surface area contributed by atoms with Crippen molar-refractivity contribution < 1.29 is 12.8 Å². The Kier molecular flexibility index (Phi) is 5.13. The molecule has 0 bridgehead atoms. The summed E-state index contributed by atoms with van der Waals surface area (Å²) >= 11 is 5.58. The van der Waals surface area contributed by atoms with Gasteiger partial charge in [-0.05, 0) is 19.9 Å². The van der Waals surface area contributed by atoms with Gasteiger partial charge in [0.25, 0.3) is 0 Å². The van der Waals surface area contributed by atoms with E-state index in [-0.39, 0.29) is 5.88 Å². The van der Waals surface area contributed by atoms with E-state index in [1.165, 1.54) is 24.3 Å². The van der Waals surface area contributed by atoms with Crippen LogP contribution < -0.4 is 0 Å². The summed E-state index contributed by atoms with van der Waals surface area (Å²) in [6.07, 6.45) is 0. The number of hydrogen-bond donors (Lipinski definition) is 0. The minimum atomic E-state index is -3.52. The van der Waals surface area contributed by atoms with E-state index in [1.807, 2.05) is 0 Å². The highest BCUT2D eigenvalue weighted by atomic mass is 35.5. The predicted octanol–water partition coefficient (Wildman–Crippen LogP) is 2.78. The zero-order valence-electron chi connectivity index (χ0n) is 10.6. The van der Waals surface area contributed by atoms with Gasteiger partial charge in [-0.15, -0.1) is 11.6 Å². The van der Waals surface area contributed by atoms with Crippen LogP contribution in [0.3, 0.4) is 0 Å². The molecule has 1 aromatic carbocycles. The average molecular weight is 294 g/mol. The van der Waals surface area contributed by atoms with Crippen LogP contribution in [0.1, 0.15) is 25.5 Å². The van der Waals surface area contributed by atoms with Gasteiger partial charge in [-0.2, -0.15) is 4.31 Å². The van der Waals surface area contributed by atoms with Gasteiger partial charge in [-0.3, -0.25) is 0 Å². The minimum Gasteiger partial charge on any atom is -0.212 e. The van der Waals surface area contributed by atoms with Gasteiger partial charge >= 0.3 is 0 Å². The topological polar surface area (TPSA) is 37.4 Å². The highest BCUT2D eigenvalue weighted by Crippen LogP contribution is 2.25. The lowest BCUT2D eigenvalue weighted by Crippen LogP contribution is -2.37. The molecule has 6 heteroatoms. The van der Waals surface area contributed by atoms with Gasteiger partial charge in [0.2, 0.25) is 10.0 Å². The first kappa shape index (κ1) is 15.4. The quantitative estimate of drug-likeness (QED) is 0.783. The molecule has 1 rings (SSSR count). The lowest BCUT2D eigenvalue weighted by atomic mass is 10.1. The SMILES string of the molecule is CC(c1ccccc1F)N(C)S(=O)(=O)C(C)CCl. The number of alkyl halides is 1. The van der Waals surface area contributed by atoms with Crippen molar-refractivity contribution >= 4 is 21.6 Å². The molecule has 102 valence electrons. The summed E-state index contributed by atoms with van der Waals surface area (Å²) in [4.78, 5) is 0. The molecule has 2 unspecified atom stereocenters. The Balaban J connectivity index is 3.05. The number of benzene rings is 1. The predicted molar refractivity (Wildman–Crippen MR) is 71.7 cm³/mol. The second-order valence-electron chi connectivity index (χ2n) is 4.22. The first-order chi connectivity index (χ1) is 8.32. The monoisotopic (exact) mass is 293 g/mol. The van der Waals surface area contributed by atoms with Gasteiger partial charge in [-0.1, -0.05) is 18.2 Å². The molecule has 0 aromatic heterocycles. The molecule has 0 aliphatic carbocycles. The zero-order valence-corrected chi connectivity index (χ0v) is 12.2. The van der Waals surface area contributed by atoms with Crippen LogP contribution in [0.15, 0.2) is 24.3 Å². The molecule has 0 radical (unpaired) electrons. The van der Waals surface area contributed by atoms with E-state index in [4.69, 9.17) is 11.6 Å². The summed E-state index contributed by atoms with van der Waals surface area (Å²) in [5, 5.41) is -0.696. The second-order valence-corrected chi connectivity index (χ2v) is 6.94. The minimum absolute atomic E-state index is 0.0106. The molecular formula is C12H17ClFNO2S. The van der Waals surface area contributed by atoms with Crippen molar-refractivity contribution in [2.45, 2.75) is 25.1 Å². The van der Waals surface area contributed by atoms with E-state index in [0.29, 0.717) is 5.56 Å². The van der Waals surface area contributed by atoms with Crippen LogP contribution in [0.5, 0.6) is 0 Å². The van der Waals surface area contributed by atoms with E-state index >= 15 is 0 Å². The first-order valence-corrected chi connectivity index (χ1v) is 7.63.